The molecular weight excluding hydrogens is 411 g/mol. The maximum atomic E-state index is 14.7. The van der Waals surface area contributed by atoms with Crippen LogP contribution in [-0.4, -0.2) is 28.5 Å². The van der Waals surface area contributed by atoms with Crippen LogP contribution < -0.4 is 10.2 Å². The van der Waals surface area contributed by atoms with E-state index in [0.29, 0.717) is 41.7 Å². The van der Waals surface area contributed by atoms with E-state index in [4.69, 9.17) is 4.52 Å². The van der Waals surface area contributed by atoms with Crippen molar-refractivity contribution in [3.8, 4) is 11.3 Å². The molecule has 160 valence electrons. The Kier molecular flexibility index (Phi) is 4.89. The Labute approximate surface area is 182 Å². The molecule has 0 bridgehead atoms. The lowest BCUT2D eigenvalue weighted by Gasteiger charge is -2.17. The molecule has 7 nitrogen and oxygen atoms in total. The van der Waals surface area contributed by atoms with Gasteiger partial charge >= 0.3 is 0 Å². The van der Waals surface area contributed by atoms with Crippen molar-refractivity contribution in [2.45, 2.75) is 19.8 Å². The van der Waals surface area contributed by atoms with Crippen LogP contribution in [0, 0.1) is 12.7 Å². The topological polar surface area (TPSA) is 88.3 Å². The van der Waals surface area contributed by atoms with Gasteiger partial charge in [-0.3, -0.25) is 9.59 Å². The predicted molar refractivity (Wildman–Crippen MR) is 118 cm³/mol. The first-order chi connectivity index (χ1) is 15.5. The van der Waals surface area contributed by atoms with Gasteiger partial charge in [-0.25, -0.2) is 9.37 Å². The molecule has 0 radical (unpaired) electrons. The zero-order chi connectivity index (χ0) is 22.2. The number of fused-ring (bicyclic) bond motifs is 1. The van der Waals surface area contributed by atoms with Crippen LogP contribution in [0.25, 0.3) is 22.4 Å². The first kappa shape index (κ1) is 19.9. The summed E-state index contributed by atoms with van der Waals surface area (Å²) in [5, 5.41) is 7.18. The SMILES string of the molecule is Cc1noc2nc(-c3ccccc3)cc(C(=O)Nc3ccc(N4CCCC4=O)c(F)c3)c12. The highest BCUT2D eigenvalue weighted by molar-refractivity contribution is 6.13. The number of pyridine rings is 1. The number of amides is 2. The molecular formula is C24H19FN4O3. The average Bonchev–Trinajstić information content (AvgIpc) is 3.39. The van der Waals surface area contributed by atoms with E-state index < -0.39 is 11.7 Å². The first-order valence-corrected chi connectivity index (χ1v) is 10.2. The number of aryl methyl sites for hydroxylation is 1. The molecule has 1 aliphatic rings. The molecule has 1 fully saturated rings. The van der Waals surface area contributed by atoms with Crippen molar-refractivity contribution in [1.29, 1.82) is 0 Å². The molecule has 0 unspecified atom stereocenters. The van der Waals surface area contributed by atoms with Crippen molar-refractivity contribution < 1.29 is 18.5 Å². The fourth-order valence-corrected chi connectivity index (χ4v) is 3.94. The molecule has 2 aromatic heterocycles. The summed E-state index contributed by atoms with van der Waals surface area (Å²) in [6, 6.07) is 15.4. The van der Waals surface area contributed by atoms with Crippen LogP contribution in [0.4, 0.5) is 15.8 Å². The largest absolute Gasteiger partial charge is 0.335 e. The molecule has 3 heterocycles. The molecule has 1 N–H and O–H groups in total. The van der Waals surface area contributed by atoms with Crippen LogP contribution >= 0.6 is 0 Å². The summed E-state index contributed by atoms with van der Waals surface area (Å²) in [5.74, 6) is -1.11. The molecule has 0 spiro atoms. The number of benzene rings is 2. The van der Waals surface area contributed by atoms with Crippen LogP contribution in [-0.2, 0) is 4.79 Å². The lowest BCUT2D eigenvalue weighted by molar-refractivity contribution is -0.117. The van der Waals surface area contributed by atoms with E-state index in [1.54, 1.807) is 19.1 Å². The van der Waals surface area contributed by atoms with Gasteiger partial charge < -0.3 is 14.7 Å². The van der Waals surface area contributed by atoms with Gasteiger partial charge in [0.25, 0.3) is 11.6 Å². The van der Waals surface area contributed by atoms with Crippen LogP contribution in [0.1, 0.15) is 28.9 Å². The maximum absolute atomic E-state index is 14.7. The number of nitrogens with zero attached hydrogens (tertiary/aromatic N) is 3. The molecule has 8 heteroatoms. The van der Waals surface area contributed by atoms with Gasteiger partial charge in [0.1, 0.15) is 5.82 Å². The highest BCUT2D eigenvalue weighted by atomic mass is 19.1. The third-order valence-corrected chi connectivity index (χ3v) is 5.50. The van der Waals surface area contributed by atoms with E-state index in [9.17, 15) is 14.0 Å². The maximum Gasteiger partial charge on any atom is 0.259 e. The van der Waals surface area contributed by atoms with Gasteiger partial charge in [-0.05, 0) is 37.6 Å². The molecule has 4 aromatic rings. The van der Waals surface area contributed by atoms with Crippen molar-refractivity contribution in [1.82, 2.24) is 10.1 Å². The Balaban J connectivity index is 1.49. The van der Waals surface area contributed by atoms with E-state index in [1.807, 2.05) is 30.3 Å². The summed E-state index contributed by atoms with van der Waals surface area (Å²) in [6.45, 7) is 2.22. The minimum atomic E-state index is -0.566. The zero-order valence-electron chi connectivity index (χ0n) is 17.3. The minimum absolute atomic E-state index is 0.101. The van der Waals surface area contributed by atoms with Crippen LogP contribution in [0.15, 0.2) is 59.1 Å². The van der Waals surface area contributed by atoms with Gasteiger partial charge in [0.2, 0.25) is 5.91 Å². The molecule has 0 saturated carbocycles. The third kappa shape index (κ3) is 3.49. The Morgan fingerprint density at radius 1 is 1.16 bits per heavy atom. The molecule has 0 atom stereocenters. The van der Waals surface area contributed by atoms with Crippen molar-refractivity contribution in [3.05, 3.63) is 71.7 Å². The second-order valence-electron chi connectivity index (χ2n) is 7.64. The number of aromatic nitrogens is 2. The summed E-state index contributed by atoms with van der Waals surface area (Å²) >= 11 is 0. The highest BCUT2D eigenvalue weighted by Crippen LogP contribution is 2.29. The zero-order valence-corrected chi connectivity index (χ0v) is 17.3. The highest BCUT2D eigenvalue weighted by Gasteiger charge is 2.25. The van der Waals surface area contributed by atoms with E-state index >= 15 is 0 Å². The Hall–Kier alpha value is -4.07. The number of carbonyl (C=O) groups is 2. The number of hydrogen-bond donors (Lipinski definition) is 1. The van der Waals surface area contributed by atoms with Crippen molar-refractivity contribution in [2.24, 2.45) is 0 Å². The van der Waals surface area contributed by atoms with Gasteiger partial charge in [-0.2, -0.15) is 0 Å². The van der Waals surface area contributed by atoms with E-state index in [2.05, 4.69) is 15.5 Å². The summed E-state index contributed by atoms with van der Waals surface area (Å²) < 4.78 is 20.0. The first-order valence-electron chi connectivity index (χ1n) is 10.2. The molecule has 1 aliphatic heterocycles. The molecule has 1 saturated heterocycles. The average molecular weight is 430 g/mol. The third-order valence-electron chi connectivity index (χ3n) is 5.50. The molecule has 5 rings (SSSR count). The number of rotatable bonds is 4. The van der Waals surface area contributed by atoms with Crippen LogP contribution in [0.2, 0.25) is 0 Å². The van der Waals surface area contributed by atoms with Crippen molar-refractivity contribution >= 4 is 34.3 Å². The summed E-state index contributed by atoms with van der Waals surface area (Å²) in [6.07, 6.45) is 1.12. The van der Waals surface area contributed by atoms with Gasteiger partial charge in [0.15, 0.2) is 0 Å². The molecule has 2 aromatic carbocycles. The monoisotopic (exact) mass is 430 g/mol. The summed E-state index contributed by atoms with van der Waals surface area (Å²) in [4.78, 5) is 31.0. The second-order valence-corrected chi connectivity index (χ2v) is 7.64. The number of hydrogen-bond acceptors (Lipinski definition) is 5. The second kappa shape index (κ2) is 7.88. The smallest absolute Gasteiger partial charge is 0.259 e. The van der Waals surface area contributed by atoms with Gasteiger partial charge in [0, 0.05) is 24.2 Å². The molecule has 2 amide bonds. The van der Waals surface area contributed by atoms with E-state index in [1.165, 1.54) is 17.0 Å². The van der Waals surface area contributed by atoms with Crippen molar-refractivity contribution in [2.75, 3.05) is 16.8 Å². The standard InChI is InChI=1S/C24H19FN4O3/c1-14-22-17(13-19(27-24(22)32-28-14)15-6-3-2-4-7-15)23(31)26-16-9-10-20(18(25)12-16)29-11-5-8-21(29)30/h2-4,6-7,9-10,12-13H,5,8,11H2,1H3,(H,26,31). The number of anilines is 2. The van der Waals surface area contributed by atoms with E-state index in [0.717, 1.165) is 5.56 Å². The van der Waals surface area contributed by atoms with E-state index in [-0.39, 0.29) is 23.0 Å². The fourth-order valence-electron chi connectivity index (χ4n) is 3.94. The van der Waals surface area contributed by atoms with Crippen molar-refractivity contribution in [3.63, 3.8) is 0 Å². The summed E-state index contributed by atoms with van der Waals surface area (Å²) in [7, 11) is 0. The molecule has 0 aliphatic carbocycles. The minimum Gasteiger partial charge on any atom is -0.335 e. The Morgan fingerprint density at radius 2 is 1.97 bits per heavy atom. The summed E-state index contributed by atoms with van der Waals surface area (Å²) in [5.41, 5.74) is 3.00. The van der Waals surface area contributed by atoms with Crippen LogP contribution in [0.5, 0.6) is 0 Å². The number of halogens is 1. The lowest BCUT2D eigenvalue weighted by Crippen LogP contribution is -2.24. The van der Waals surface area contributed by atoms with Gasteiger partial charge in [-0.1, -0.05) is 35.5 Å². The predicted octanol–water partition coefficient (Wildman–Crippen LogP) is 4.72. The fraction of sp³-hybridized carbons (Fsp3) is 0.167. The Bertz CT molecular complexity index is 1350. The van der Waals surface area contributed by atoms with Gasteiger partial charge in [-0.15, -0.1) is 0 Å². The normalized spacial score (nSPS) is 13.7. The number of nitrogens with one attached hydrogen (secondary N) is 1. The van der Waals surface area contributed by atoms with Crippen LogP contribution in [0.3, 0.4) is 0 Å². The lowest BCUT2D eigenvalue weighted by atomic mass is 10.0. The Morgan fingerprint density at radius 3 is 2.69 bits per heavy atom. The molecule has 32 heavy (non-hydrogen) atoms. The van der Waals surface area contributed by atoms with Gasteiger partial charge in [0.05, 0.1) is 28.0 Å². The number of carbonyl (C=O) groups excluding carboxylic acids is 2. The quantitative estimate of drug-likeness (QED) is 0.506.